The van der Waals surface area contributed by atoms with E-state index in [9.17, 15) is 19.2 Å². The zero-order valence-corrected chi connectivity index (χ0v) is 29.9. The molecule has 0 amide bonds. The molecule has 49 heavy (non-hydrogen) atoms. The van der Waals surface area contributed by atoms with Crippen molar-refractivity contribution in [1.82, 2.24) is 9.13 Å². The second-order valence-electron chi connectivity index (χ2n) is 14.4. The van der Waals surface area contributed by atoms with Gasteiger partial charge in [0.2, 0.25) is 0 Å². The first-order valence-corrected chi connectivity index (χ1v) is 19.4. The Hall–Kier alpha value is -4.10. The van der Waals surface area contributed by atoms with Crippen LogP contribution in [0.4, 0.5) is 0 Å². The first-order valence-electron chi connectivity index (χ1n) is 18.6. The summed E-state index contributed by atoms with van der Waals surface area (Å²) in [7, 11) is 0. The van der Waals surface area contributed by atoms with E-state index in [4.69, 9.17) is 0 Å². The summed E-state index contributed by atoms with van der Waals surface area (Å²) >= 11 is 1.61. The summed E-state index contributed by atoms with van der Waals surface area (Å²) < 4.78 is 5.09. The summed E-state index contributed by atoms with van der Waals surface area (Å²) in [5.74, 6) is 0. The lowest BCUT2D eigenvalue weighted by Crippen LogP contribution is -2.37. The Morgan fingerprint density at radius 2 is 0.776 bits per heavy atom. The monoisotopic (exact) mass is 672 g/mol. The highest BCUT2D eigenvalue weighted by atomic mass is 32.1. The molecule has 0 N–H and O–H groups in total. The SMILES string of the molecule is CCCCC(CCCC)n1c(=O)c2ccc3c4ccc5c(=O)n(C(CCCC)CCCC)c(=O)c6cc7sc8cc(c1=O)c2c3c8c7c4c56. The first-order chi connectivity index (χ1) is 23.9. The van der Waals surface area contributed by atoms with Crippen LogP contribution >= 0.6 is 11.3 Å². The molecule has 0 radical (unpaired) electrons. The van der Waals surface area contributed by atoms with Crippen molar-refractivity contribution >= 4 is 85.4 Å². The summed E-state index contributed by atoms with van der Waals surface area (Å²) in [6.07, 6.45) is 11.2. The van der Waals surface area contributed by atoms with Crippen molar-refractivity contribution in [2.75, 3.05) is 0 Å². The van der Waals surface area contributed by atoms with Crippen LogP contribution in [0.2, 0.25) is 0 Å². The van der Waals surface area contributed by atoms with E-state index in [2.05, 4.69) is 27.7 Å². The zero-order valence-electron chi connectivity index (χ0n) is 29.0. The number of thiophene rings is 1. The maximum absolute atomic E-state index is 14.5. The Labute approximate surface area is 288 Å². The van der Waals surface area contributed by atoms with E-state index in [1.54, 1.807) is 20.5 Å². The van der Waals surface area contributed by atoms with E-state index >= 15 is 0 Å². The number of nitrogens with zero attached hydrogens (tertiary/aromatic N) is 2. The number of pyridine rings is 2. The summed E-state index contributed by atoms with van der Waals surface area (Å²) in [5, 5.41) is 9.71. The lowest BCUT2D eigenvalue weighted by atomic mass is 9.86. The van der Waals surface area contributed by atoms with Gasteiger partial charge in [-0.15, -0.1) is 11.3 Å². The maximum atomic E-state index is 14.5. The highest BCUT2D eigenvalue weighted by molar-refractivity contribution is 7.26. The average Bonchev–Trinajstić information content (AvgIpc) is 3.49. The minimum atomic E-state index is -0.197. The van der Waals surface area contributed by atoms with Gasteiger partial charge in [-0.3, -0.25) is 28.3 Å². The molecule has 0 bridgehead atoms. The van der Waals surface area contributed by atoms with Crippen LogP contribution in [0.1, 0.15) is 117 Å². The lowest BCUT2D eigenvalue weighted by Gasteiger charge is -2.22. The molecule has 6 nitrogen and oxygen atoms in total. The van der Waals surface area contributed by atoms with Crippen LogP contribution in [0.3, 0.4) is 0 Å². The van der Waals surface area contributed by atoms with Gasteiger partial charge < -0.3 is 0 Å². The predicted molar refractivity (Wildman–Crippen MR) is 209 cm³/mol. The highest BCUT2D eigenvalue weighted by Gasteiger charge is 2.29. The fourth-order valence-corrected chi connectivity index (χ4v) is 10.1. The molecule has 0 saturated carbocycles. The number of hydrogen-bond donors (Lipinski definition) is 0. The highest BCUT2D eigenvalue weighted by Crippen LogP contribution is 2.51. The quantitative estimate of drug-likeness (QED) is 0.0851. The van der Waals surface area contributed by atoms with Gasteiger partial charge in [0.05, 0.1) is 10.8 Å². The predicted octanol–water partition coefficient (Wildman–Crippen LogP) is 10.5. The molecule has 3 heterocycles. The number of rotatable bonds is 14. The number of unbranched alkanes of at least 4 members (excludes halogenated alkanes) is 4. The van der Waals surface area contributed by atoms with Crippen molar-refractivity contribution in [1.29, 1.82) is 0 Å². The largest absolute Gasteiger partial charge is 0.271 e. The summed E-state index contributed by atoms with van der Waals surface area (Å²) in [6.45, 7) is 8.58. The molecule has 5 aromatic carbocycles. The van der Waals surface area contributed by atoms with Crippen molar-refractivity contribution in [3.63, 3.8) is 0 Å². The third-order valence-corrected chi connectivity index (χ3v) is 12.4. The second kappa shape index (κ2) is 12.3. The molecule has 0 fully saturated rings. The molecule has 0 aliphatic rings. The Bertz CT molecular complexity index is 2520. The molecule has 0 unspecified atom stereocenters. The van der Waals surface area contributed by atoms with E-state index < -0.39 is 0 Å². The normalized spacial score (nSPS) is 12.9. The van der Waals surface area contributed by atoms with E-state index in [1.807, 2.05) is 36.4 Å². The van der Waals surface area contributed by atoms with Crippen LogP contribution in [0, 0.1) is 0 Å². The Kier molecular flexibility index (Phi) is 8.09. The van der Waals surface area contributed by atoms with Gasteiger partial charge in [-0.05, 0) is 60.7 Å². The first kappa shape index (κ1) is 32.1. The molecule has 8 rings (SSSR count). The zero-order chi connectivity index (χ0) is 34.1. The van der Waals surface area contributed by atoms with Gasteiger partial charge in [0.15, 0.2) is 0 Å². The van der Waals surface area contributed by atoms with Crippen LogP contribution in [0.5, 0.6) is 0 Å². The Morgan fingerprint density at radius 3 is 1.12 bits per heavy atom. The molecule has 0 aliphatic heterocycles. The maximum Gasteiger partial charge on any atom is 0.261 e. The number of fused-ring (bicyclic) bond motifs is 1. The van der Waals surface area contributed by atoms with Crippen molar-refractivity contribution in [2.45, 2.75) is 117 Å². The van der Waals surface area contributed by atoms with Gasteiger partial charge in [-0.2, -0.15) is 0 Å². The number of hydrogen-bond acceptors (Lipinski definition) is 5. The van der Waals surface area contributed by atoms with E-state index in [-0.39, 0.29) is 34.3 Å². The number of benzene rings is 5. The Balaban J connectivity index is 1.49. The second-order valence-corrected chi connectivity index (χ2v) is 15.4. The van der Waals surface area contributed by atoms with Gasteiger partial charge in [-0.1, -0.05) is 91.2 Å². The molecule has 8 aromatic rings. The van der Waals surface area contributed by atoms with Crippen LogP contribution in [0.15, 0.2) is 55.6 Å². The molecular formula is C42H44N2O4S. The smallest absolute Gasteiger partial charge is 0.261 e. The lowest BCUT2D eigenvalue weighted by molar-refractivity contribution is 0.394. The Morgan fingerprint density at radius 1 is 0.449 bits per heavy atom. The third-order valence-electron chi connectivity index (χ3n) is 11.3. The average molecular weight is 673 g/mol. The van der Waals surface area contributed by atoms with Gasteiger partial charge >= 0.3 is 0 Å². The molecule has 0 saturated heterocycles. The molecule has 252 valence electrons. The molecule has 0 atom stereocenters. The third kappa shape index (κ3) is 4.57. The molecular weight excluding hydrogens is 629 g/mol. The van der Waals surface area contributed by atoms with Gasteiger partial charge in [-0.25, -0.2) is 0 Å². The van der Waals surface area contributed by atoms with Gasteiger partial charge in [0, 0.05) is 64.6 Å². The van der Waals surface area contributed by atoms with Crippen LogP contribution in [0.25, 0.3) is 74.0 Å². The minimum Gasteiger partial charge on any atom is -0.271 e. The van der Waals surface area contributed by atoms with Crippen LogP contribution in [-0.4, -0.2) is 9.13 Å². The van der Waals surface area contributed by atoms with Crippen LogP contribution < -0.4 is 22.2 Å². The number of aromatic nitrogens is 2. The summed E-state index contributed by atoms with van der Waals surface area (Å²) in [4.78, 5) is 57.5. The fraction of sp³-hybridized carbons (Fsp3) is 0.429. The van der Waals surface area contributed by atoms with Crippen molar-refractivity contribution in [3.05, 3.63) is 77.8 Å². The van der Waals surface area contributed by atoms with E-state index in [0.29, 0.717) is 21.5 Å². The van der Waals surface area contributed by atoms with E-state index in [0.717, 1.165) is 130 Å². The molecule has 0 spiro atoms. The fourth-order valence-electron chi connectivity index (χ4n) is 8.93. The molecule has 3 aromatic heterocycles. The molecule has 7 heteroatoms. The van der Waals surface area contributed by atoms with E-state index in [1.165, 1.54) is 0 Å². The summed E-state index contributed by atoms with van der Waals surface area (Å²) in [6, 6.07) is 11.6. The molecule has 0 aliphatic carbocycles. The van der Waals surface area contributed by atoms with Crippen LogP contribution in [-0.2, 0) is 0 Å². The standard InChI is InChI=1S/C42H44N2O4S/c1-5-9-13-23(14-10-6-2)43-39(45)27-19-17-25-26-18-20-28-34-30(42(48)44(40(28)46)24(15-11-7-3)16-12-8-4)22-32-38(36(26)34)37-31(49-32)21-29(41(43)47)33(27)35(25)37/h17-24H,5-16H2,1-4H3. The topological polar surface area (TPSA) is 78.1 Å². The van der Waals surface area contributed by atoms with Gasteiger partial charge in [0.1, 0.15) is 0 Å². The van der Waals surface area contributed by atoms with Crippen molar-refractivity contribution < 1.29 is 0 Å². The van der Waals surface area contributed by atoms with Crippen molar-refractivity contribution in [2.24, 2.45) is 0 Å². The minimum absolute atomic E-state index is 0.123. The van der Waals surface area contributed by atoms with Crippen molar-refractivity contribution in [3.8, 4) is 0 Å². The summed E-state index contributed by atoms with van der Waals surface area (Å²) in [5.41, 5.74) is -0.782. The van der Waals surface area contributed by atoms with Gasteiger partial charge in [0.25, 0.3) is 22.2 Å².